The van der Waals surface area contributed by atoms with E-state index in [9.17, 15) is 0 Å². The molecule has 20 heavy (non-hydrogen) atoms. The average molecular weight is 291 g/mol. The van der Waals surface area contributed by atoms with Gasteiger partial charge in [-0.2, -0.15) is 0 Å². The number of nitrogen functional groups attached to an aromatic ring is 1. The summed E-state index contributed by atoms with van der Waals surface area (Å²) in [6, 6.07) is 12.6. The molecule has 0 aliphatic rings. The van der Waals surface area contributed by atoms with Crippen LogP contribution in [-0.2, 0) is 6.61 Å². The van der Waals surface area contributed by atoms with Gasteiger partial charge in [0.15, 0.2) is 11.5 Å². The van der Waals surface area contributed by atoms with Crippen molar-refractivity contribution >= 4 is 17.4 Å². The highest BCUT2D eigenvalue weighted by Crippen LogP contribution is 2.27. The van der Waals surface area contributed by atoms with Crippen molar-refractivity contribution in [2.45, 2.75) is 6.61 Å². The second-order valence-electron chi connectivity index (χ2n) is 4.16. The summed E-state index contributed by atoms with van der Waals surface area (Å²) >= 11 is 6.15. The Labute approximate surface area is 122 Å². The molecular weight excluding hydrogens is 276 g/mol. The largest absolute Gasteiger partial charge is 0.493 e. The predicted octanol–water partition coefficient (Wildman–Crippen LogP) is 3.21. The monoisotopic (exact) mass is 290 g/mol. The van der Waals surface area contributed by atoms with Gasteiger partial charge in [-0.3, -0.25) is 5.41 Å². The average Bonchev–Trinajstić information content (AvgIpc) is 2.46. The fraction of sp³-hybridized carbons (Fsp3) is 0.133. The minimum Gasteiger partial charge on any atom is -0.493 e. The molecule has 3 N–H and O–H groups in total. The minimum absolute atomic E-state index is 0.0101. The second kappa shape index (κ2) is 6.30. The van der Waals surface area contributed by atoms with Gasteiger partial charge in [0.2, 0.25) is 0 Å². The molecule has 0 aromatic heterocycles. The van der Waals surface area contributed by atoms with E-state index < -0.39 is 0 Å². The SMILES string of the molecule is COc1ccccc1OCc1ccc(C(=N)N)cc1Cl. The number of rotatable bonds is 5. The fourth-order valence-electron chi connectivity index (χ4n) is 1.73. The van der Waals surface area contributed by atoms with E-state index in [1.54, 1.807) is 25.3 Å². The molecule has 0 aliphatic carbocycles. The summed E-state index contributed by atoms with van der Waals surface area (Å²) in [5.74, 6) is 1.31. The summed E-state index contributed by atoms with van der Waals surface area (Å²) in [7, 11) is 1.59. The number of amidine groups is 1. The van der Waals surface area contributed by atoms with E-state index in [1.165, 1.54) is 0 Å². The van der Waals surface area contributed by atoms with Gasteiger partial charge in [0.05, 0.1) is 7.11 Å². The highest BCUT2D eigenvalue weighted by atomic mass is 35.5. The molecule has 0 saturated carbocycles. The number of para-hydroxylation sites is 2. The van der Waals surface area contributed by atoms with E-state index >= 15 is 0 Å². The van der Waals surface area contributed by atoms with Crippen LogP contribution in [0.4, 0.5) is 0 Å². The van der Waals surface area contributed by atoms with Crippen molar-refractivity contribution in [1.29, 1.82) is 5.41 Å². The first-order valence-electron chi connectivity index (χ1n) is 6.00. The van der Waals surface area contributed by atoms with Gasteiger partial charge >= 0.3 is 0 Å². The van der Waals surface area contributed by atoms with Crippen LogP contribution in [0.2, 0.25) is 5.02 Å². The molecule has 0 saturated heterocycles. The van der Waals surface area contributed by atoms with Gasteiger partial charge in [0.25, 0.3) is 0 Å². The van der Waals surface area contributed by atoms with Crippen LogP contribution in [0.25, 0.3) is 0 Å². The number of ether oxygens (including phenoxy) is 2. The van der Waals surface area contributed by atoms with Crippen molar-refractivity contribution in [3.05, 3.63) is 58.6 Å². The number of methoxy groups -OCH3 is 1. The Morgan fingerprint density at radius 2 is 1.90 bits per heavy atom. The second-order valence-corrected chi connectivity index (χ2v) is 4.57. The van der Waals surface area contributed by atoms with E-state index in [4.69, 9.17) is 32.2 Å². The van der Waals surface area contributed by atoms with Crippen molar-refractivity contribution in [3.8, 4) is 11.5 Å². The zero-order valence-corrected chi connectivity index (χ0v) is 11.8. The third kappa shape index (κ3) is 3.22. The predicted molar refractivity (Wildman–Crippen MR) is 79.8 cm³/mol. The molecule has 0 amide bonds. The Hall–Kier alpha value is -2.20. The molecule has 4 nitrogen and oxygen atoms in total. The highest BCUT2D eigenvalue weighted by Gasteiger charge is 2.07. The topological polar surface area (TPSA) is 68.3 Å². The fourth-order valence-corrected chi connectivity index (χ4v) is 1.96. The molecule has 0 bridgehead atoms. The summed E-state index contributed by atoms with van der Waals surface area (Å²) in [6.07, 6.45) is 0. The van der Waals surface area contributed by atoms with Gasteiger partial charge in [-0.1, -0.05) is 35.9 Å². The van der Waals surface area contributed by atoms with Crippen molar-refractivity contribution < 1.29 is 9.47 Å². The van der Waals surface area contributed by atoms with Crippen molar-refractivity contribution in [1.82, 2.24) is 0 Å². The molecular formula is C15H15ClN2O2. The maximum absolute atomic E-state index is 7.36. The number of benzene rings is 2. The Morgan fingerprint density at radius 1 is 1.20 bits per heavy atom. The quantitative estimate of drug-likeness (QED) is 0.656. The Morgan fingerprint density at radius 3 is 2.50 bits per heavy atom. The highest BCUT2D eigenvalue weighted by molar-refractivity contribution is 6.31. The van der Waals surface area contributed by atoms with Crippen LogP contribution in [0.1, 0.15) is 11.1 Å². The first-order valence-corrected chi connectivity index (χ1v) is 6.38. The molecule has 0 aliphatic heterocycles. The lowest BCUT2D eigenvalue weighted by molar-refractivity contribution is 0.284. The van der Waals surface area contributed by atoms with E-state index in [0.717, 1.165) is 5.56 Å². The number of hydrogen-bond donors (Lipinski definition) is 2. The molecule has 0 radical (unpaired) electrons. The number of nitrogens with two attached hydrogens (primary N) is 1. The number of halogens is 1. The van der Waals surface area contributed by atoms with E-state index in [1.807, 2.05) is 24.3 Å². The summed E-state index contributed by atoms with van der Waals surface area (Å²) in [5, 5.41) is 7.88. The van der Waals surface area contributed by atoms with Crippen molar-refractivity contribution in [2.75, 3.05) is 7.11 Å². The molecule has 0 heterocycles. The number of hydrogen-bond acceptors (Lipinski definition) is 3. The summed E-state index contributed by atoms with van der Waals surface area (Å²) < 4.78 is 10.9. The van der Waals surface area contributed by atoms with Crippen LogP contribution in [0.3, 0.4) is 0 Å². The van der Waals surface area contributed by atoms with Crippen LogP contribution >= 0.6 is 11.6 Å². The molecule has 2 aromatic carbocycles. The molecule has 0 spiro atoms. The molecule has 2 aromatic rings. The lowest BCUT2D eigenvalue weighted by Crippen LogP contribution is -2.11. The summed E-state index contributed by atoms with van der Waals surface area (Å²) in [4.78, 5) is 0. The van der Waals surface area contributed by atoms with Crippen molar-refractivity contribution in [3.63, 3.8) is 0 Å². The minimum atomic E-state index is -0.0101. The van der Waals surface area contributed by atoms with Crippen molar-refractivity contribution in [2.24, 2.45) is 5.73 Å². The molecule has 0 atom stereocenters. The normalized spacial score (nSPS) is 10.1. The number of nitrogens with one attached hydrogen (secondary N) is 1. The molecule has 5 heteroatoms. The molecule has 104 valence electrons. The Kier molecular flexibility index (Phi) is 4.48. The van der Waals surface area contributed by atoms with E-state index in [2.05, 4.69) is 0 Å². The zero-order valence-electron chi connectivity index (χ0n) is 11.0. The lowest BCUT2D eigenvalue weighted by atomic mass is 10.1. The van der Waals surface area contributed by atoms with Crippen LogP contribution in [0, 0.1) is 5.41 Å². The lowest BCUT2D eigenvalue weighted by Gasteiger charge is -2.11. The van der Waals surface area contributed by atoms with Gasteiger partial charge in [-0.15, -0.1) is 0 Å². The maximum Gasteiger partial charge on any atom is 0.161 e. The van der Waals surface area contributed by atoms with Gasteiger partial charge in [0, 0.05) is 16.1 Å². The van der Waals surface area contributed by atoms with Gasteiger partial charge in [0.1, 0.15) is 12.4 Å². The Bertz CT molecular complexity index is 629. The molecule has 2 rings (SSSR count). The van der Waals surface area contributed by atoms with E-state index in [-0.39, 0.29) is 5.84 Å². The molecule has 0 unspecified atom stereocenters. The van der Waals surface area contributed by atoms with Crippen LogP contribution < -0.4 is 15.2 Å². The third-order valence-corrected chi connectivity index (χ3v) is 3.17. The smallest absolute Gasteiger partial charge is 0.161 e. The first kappa shape index (κ1) is 14.2. The summed E-state index contributed by atoms with van der Waals surface area (Å²) in [6.45, 7) is 0.317. The van der Waals surface area contributed by atoms with Gasteiger partial charge < -0.3 is 15.2 Å². The van der Waals surface area contributed by atoms with Gasteiger partial charge in [-0.05, 0) is 18.2 Å². The molecule has 0 fully saturated rings. The van der Waals surface area contributed by atoms with Crippen LogP contribution in [0.5, 0.6) is 11.5 Å². The van der Waals surface area contributed by atoms with E-state index in [0.29, 0.717) is 28.7 Å². The standard InChI is InChI=1S/C15H15ClN2O2/c1-19-13-4-2-3-5-14(13)20-9-11-7-6-10(15(17)18)8-12(11)16/h2-8H,9H2,1H3,(H3,17,18). The summed E-state index contributed by atoms with van der Waals surface area (Å²) in [5.41, 5.74) is 6.83. The first-order chi connectivity index (χ1) is 9.61. The zero-order chi connectivity index (χ0) is 14.5. The van der Waals surface area contributed by atoms with Gasteiger partial charge in [-0.25, -0.2) is 0 Å². The third-order valence-electron chi connectivity index (χ3n) is 2.82. The van der Waals surface area contributed by atoms with Crippen LogP contribution in [-0.4, -0.2) is 12.9 Å². The Balaban J connectivity index is 2.13. The van der Waals surface area contributed by atoms with Crippen LogP contribution in [0.15, 0.2) is 42.5 Å². The maximum atomic E-state index is 7.36.